The van der Waals surface area contributed by atoms with Crippen LogP contribution < -0.4 is 9.47 Å². The molecule has 1 aliphatic heterocycles. The molecule has 0 spiro atoms. The minimum absolute atomic E-state index is 0.207. The minimum Gasteiger partial charge on any atom is -0.483 e. The molecule has 0 radical (unpaired) electrons. The maximum Gasteiger partial charge on any atom is 0.239 e. The summed E-state index contributed by atoms with van der Waals surface area (Å²) in [5.74, 6) is 1.77. The van der Waals surface area contributed by atoms with Crippen molar-refractivity contribution < 1.29 is 9.47 Å². The van der Waals surface area contributed by atoms with E-state index in [2.05, 4.69) is 23.8 Å². The number of halogens is 1. The van der Waals surface area contributed by atoms with Gasteiger partial charge in [-0.1, -0.05) is 23.7 Å². The molecular formula is C14H13ClN2O2. The molecule has 0 bridgehead atoms. The number of benzene rings is 1. The van der Waals surface area contributed by atoms with Crippen LogP contribution in [0.3, 0.4) is 0 Å². The lowest BCUT2D eigenvalue weighted by Gasteiger charge is -2.18. The van der Waals surface area contributed by atoms with Gasteiger partial charge in [-0.05, 0) is 19.9 Å². The van der Waals surface area contributed by atoms with Gasteiger partial charge in [0.15, 0.2) is 16.7 Å². The van der Waals surface area contributed by atoms with E-state index < -0.39 is 0 Å². The van der Waals surface area contributed by atoms with Crippen molar-refractivity contribution >= 4 is 11.6 Å². The fourth-order valence-electron chi connectivity index (χ4n) is 2.16. The van der Waals surface area contributed by atoms with Crippen molar-refractivity contribution in [3.05, 3.63) is 41.3 Å². The Kier molecular flexibility index (Phi) is 2.82. The van der Waals surface area contributed by atoms with Crippen LogP contribution in [0.4, 0.5) is 0 Å². The normalized spacial score (nSPS) is 15.7. The van der Waals surface area contributed by atoms with Crippen LogP contribution in [0.25, 0.3) is 0 Å². The monoisotopic (exact) mass is 276 g/mol. The molecular weight excluding hydrogens is 264 g/mol. The van der Waals surface area contributed by atoms with Crippen molar-refractivity contribution in [1.82, 2.24) is 9.97 Å². The molecule has 1 aliphatic rings. The van der Waals surface area contributed by atoms with E-state index in [4.69, 9.17) is 21.1 Å². The average Bonchev–Trinajstić information content (AvgIpc) is 2.64. The predicted octanol–water partition coefficient (Wildman–Crippen LogP) is 3.64. The van der Waals surface area contributed by atoms with Gasteiger partial charge < -0.3 is 9.47 Å². The molecule has 0 unspecified atom stereocenters. The molecule has 98 valence electrons. The summed E-state index contributed by atoms with van der Waals surface area (Å²) in [5.41, 5.74) is 0.930. The Morgan fingerprint density at radius 2 is 2.16 bits per heavy atom. The van der Waals surface area contributed by atoms with Gasteiger partial charge in [0.25, 0.3) is 0 Å². The predicted molar refractivity (Wildman–Crippen MR) is 72.0 cm³/mol. The molecule has 19 heavy (non-hydrogen) atoms. The van der Waals surface area contributed by atoms with Gasteiger partial charge in [0.1, 0.15) is 5.60 Å². The number of hydrogen-bond donors (Lipinski definition) is 0. The summed E-state index contributed by atoms with van der Waals surface area (Å²) in [5, 5.41) is 0.298. The van der Waals surface area contributed by atoms with Gasteiger partial charge in [-0.3, -0.25) is 4.98 Å². The first-order valence-electron chi connectivity index (χ1n) is 6.00. The highest BCUT2D eigenvalue weighted by Crippen LogP contribution is 2.42. The zero-order chi connectivity index (χ0) is 13.5. The second-order valence-corrected chi connectivity index (χ2v) is 5.45. The van der Waals surface area contributed by atoms with Gasteiger partial charge in [0.2, 0.25) is 5.88 Å². The number of nitrogens with zero attached hydrogens (tertiary/aromatic N) is 2. The summed E-state index contributed by atoms with van der Waals surface area (Å²) in [6.07, 6.45) is 3.84. The molecule has 0 atom stereocenters. The van der Waals surface area contributed by atoms with E-state index >= 15 is 0 Å². The molecule has 0 aliphatic carbocycles. The third kappa shape index (κ3) is 2.49. The van der Waals surface area contributed by atoms with Gasteiger partial charge in [0, 0.05) is 12.0 Å². The van der Waals surface area contributed by atoms with Crippen LogP contribution >= 0.6 is 11.6 Å². The fourth-order valence-corrected chi connectivity index (χ4v) is 2.29. The lowest BCUT2D eigenvalue weighted by atomic mass is 10.0. The summed E-state index contributed by atoms with van der Waals surface area (Å²) < 4.78 is 11.6. The van der Waals surface area contributed by atoms with Gasteiger partial charge in [-0.15, -0.1) is 0 Å². The van der Waals surface area contributed by atoms with E-state index in [1.807, 2.05) is 18.2 Å². The van der Waals surface area contributed by atoms with Crippen LogP contribution in [0.1, 0.15) is 19.4 Å². The lowest BCUT2D eigenvalue weighted by Crippen LogP contribution is -2.24. The van der Waals surface area contributed by atoms with Gasteiger partial charge in [-0.25, -0.2) is 0 Å². The molecule has 1 aromatic heterocycles. The quantitative estimate of drug-likeness (QED) is 0.840. The Morgan fingerprint density at radius 3 is 2.95 bits per heavy atom. The van der Waals surface area contributed by atoms with Crippen LogP contribution in [-0.4, -0.2) is 15.6 Å². The van der Waals surface area contributed by atoms with Crippen molar-refractivity contribution in [2.24, 2.45) is 0 Å². The molecule has 0 saturated carbocycles. The van der Waals surface area contributed by atoms with Crippen molar-refractivity contribution in [1.29, 1.82) is 0 Å². The maximum absolute atomic E-state index is 5.92. The average molecular weight is 277 g/mol. The minimum atomic E-state index is -0.207. The summed E-state index contributed by atoms with van der Waals surface area (Å²) in [6, 6.07) is 5.83. The molecule has 2 heterocycles. The Bertz CT molecular complexity index is 629. The molecule has 3 rings (SSSR count). The molecule has 0 N–H and O–H groups in total. The topological polar surface area (TPSA) is 44.2 Å². The van der Waals surface area contributed by atoms with Gasteiger partial charge >= 0.3 is 0 Å². The third-order valence-electron chi connectivity index (χ3n) is 2.85. The summed E-state index contributed by atoms with van der Waals surface area (Å²) in [4.78, 5) is 8.00. The van der Waals surface area contributed by atoms with Crippen LogP contribution in [0.2, 0.25) is 5.15 Å². The number of aromatic nitrogens is 2. The van der Waals surface area contributed by atoms with Gasteiger partial charge in [-0.2, -0.15) is 4.98 Å². The Hall–Kier alpha value is -1.81. The highest BCUT2D eigenvalue weighted by Gasteiger charge is 2.32. The summed E-state index contributed by atoms with van der Waals surface area (Å²) >= 11 is 5.79. The summed E-state index contributed by atoms with van der Waals surface area (Å²) in [6.45, 7) is 4.10. The standard InChI is InChI=1S/C14H13ClN2O2/c1-14(2)6-9-4-3-5-10(13(9)19-14)18-12-8-16-7-11(15)17-12/h3-5,7-8H,6H2,1-2H3. The largest absolute Gasteiger partial charge is 0.483 e. The number of hydrogen-bond acceptors (Lipinski definition) is 4. The first-order chi connectivity index (χ1) is 9.03. The van der Waals surface area contributed by atoms with Crippen molar-refractivity contribution in [2.45, 2.75) is 25.9 Å². The molecule has 0 fully saturated rings. The van der Waals surface area contributed by atoms with Crippen LogP contribution in [0.5, 0.6) is 17.4 Å². The highest BCUT2D eigenvalue weighted by molar-refractivity contribution is 6.29. The maximum atomic E-state index is 5.92. The smallest absolute Gasteiger partial charge is 0.239 e. The van der Waals surface area contributed by atoms with Crippen LogP contribution in [0, 0.1) is 0 Å². The number of ether oxygens (including phenoxy) is 2. The second kappa shape index (κ2) is 4.38. The molecule has 1 aromatic carbocycles. The zero-order valence-corrected chi connectivity index (χ0v) is 11.4. The van der Waals surface area contributed by atoms with Crippen LogP contribution in [0.15, 0.2) is 30.6 Å². The molecule has 0 saturated heterocycles. The van der Waals surface area contributed by atoms with E-state index in [0.29, 0.717) is 16.8 Å². The van der Waals surface area contributed by atoms with E-state index in [-0.39, 0.29) is 5.60 Å². The van der Waals surface area contributed by atoms with E-state index in [1.165, 1.54) is 12.4 Å². The molecule has 5 heteroatoms. The van der Waals surface area contributed by atoms with Gasteiger partial charge in [0.05, 0.1) is 12.4 Å². The second-order valence-electron chi connectivity index (χ2n) is 5.07. The zero-order valence-electron chi connectivity index (χ0n) is 10.7. The number of fused-ring (bicyclic) bond motifs is 1. The van der Waals surface area contributed by atoms with Crippen molar-refractivity contribution in [3.63, 3.8) is 0 Å². The summed E-state index contributed by atoms with van der Waals surface area (Å²) in [7, 11) is 0. The first-order valence-corrected chi connectivity index (χ1v) is 6.38. The SMILES string of the molecule is CC1(C)Cc2cccc(Oc3cncc(Cl)n3)c2O1. The fraction of sp³-hybridized carbons (Fsp3) is 0.286. The van der Waals surface area contributed by atoms with Crippen molar-refractivity contribution in [3.8, 4) is 17.4 Å². The highest BCUT2D eigenvalue weighted by atomic mass is 35.5. The molecule has 2 aromatic rings. The third-order valence-corrected chi connectivity index (χ3v) is 3.03. The van der Waals surface area contributed by atoms with E-state index in [0.717, 1.165) is 17.7 Å². The van der Waals surface area contributed by atoms with Crippen molar-refractivity contribution in [2.75, 3.05) is 0 Å². The number of para-hydroxylation sites is 1. The Balaban J connectivity index is 1.94. The Morgan fingerprint density at radius 1 is 1.32 bits per heavy atom. The van der Waals surface area contributed by atoms with E-state index in [1.54, 1.807) is 0 Å². The number of rotatable bonds is 2. The lowest BCUT2D eigenvalue weighted by molar-refractivity contribution is 0.135. The van der Waals surface area contributed by atoms with E-state index in [9.17, 15) is 0 Å². The Labute approximate surface area is 116 Å². The molecule has 0 amide bonds. The molecule has 4 nitrogen and oxygen atoms in total. The first kappa shape index (κ1) is 12.2. The van der Waals surface area contributed by atoms with Crippen LogP contribution in [-0.2, 0) is 6.42 Å².